The molecule has 1 saturated heterocycles. The molecule has 0 aliphatic carbocycles. The summed E-state index contributed by atoms with van der Waals surface area (Å²) in [6.07, 6.45) is 6.69. The molecule has 0 spiro atoms. The molecule has 10 heteroatoms. The van der Waals surface area contributed by atoms with Gasteiger partial charge in [0, 0.05) is 56.8 Å². The Labute approximate surface area is 205 Å². The van der Waals surface area contributed by atoms with Crippen LogP contribution in [0.2, 0.25) is 0 Å². The molecule has 10 nitrogen and oxygen atoms in total. The summed E-state index contributed by atoms with van der Waals surface area (Å²) < 4.78 is 14.9. The number of aryl methyl sites for hydroxylation is 1. The van der Waals surface area contributed by atoms with Gasteiger partial charge in [-0.1, -0.05) is 0 Å². The first-order valence-electron chi connectivity index (χ1n) is 12.0. The molecule has 188 valence electrons. The minimum Gasteiger partial charge on any atom is -0.490 e. The molecule has 3 aromatic rings. The summed E-state index contributed by atoms with van der Waals surface area (Å²) in [5.41, 5.74) is 1.54. The molecule has 1 aliphatic rings. The van der Waals surface area contributed by atoms with Gasteiger partial charge < -0.3 is 24.1 Å². The average molecular weight is 483 g/mol. The number of fused-ring (bicyclic) bond motifs is 1. The summed E-state index contributed by atoms with van der Waals surface area (Å²) in [5.74, 6) is 0.852. The maximum Gasteiger partial charge on any atom is 0.410 e. The second kappa shape index (κ2) is 9.59. The number of nitrogens with zero attached hydrogens (tertiary/aromatic N) is 5. The average Bonchev–Trinajstić information content (AvgIpc) is 3.37. The molecule has 4 heterocycles. The van der Waals surface area contributed by atoms with Crippen LogP contribution in [0.1, 0.15) is 69.4 Å². The van der Waals surface area contributed by atoms with Gasteiger partial charge in [0.1, 0.15) is 17.0 Å². The predicted octanol–water partition coefficient (Wildman–Crippen LogP) is 4.22. The molecule has 1 fully saturated rings. The zero-order valence-corrected chi connectivity index (χ0v) is 21.2. The third-order valence-electron chi connectivity index (χ3n) is 5.70. The molecule has 35 heavy (non-hydrogen) atoms. The molecule has 0 unspecified atom stereocenters. The molecule has 0 aromatic carbocycles. The molecule has 1 N–H and O–H groups in total. The molecule has 0 saturated carbocycles. The van der Waals surface area contributed by atoms with Gasteiger partial charge in [-0.25, -0.2) is 9.78 Å². The van der Waals surface area contributed by atoms with Gasteiger partial charge >= 0.3 is 6.09 Å². The summed E-state index contributed by atoms with van der Waals surface area (Å²) in [6, 6.07) is 3.53. The number of anilines is 1. The SMILES string of the molecule is CC(C)Oc1cc2nc(C3CCN(C(=O)OC(C)(C)C)CC3)cn2cc1C(=O)Nc1ccn(C)n1. The number of aromatic nitrogens is 4. The van der Waals surface area contributed by atoms with Gasteiger partial charge in [0.05, 0.1) is 17.4 Å². The first kappa shape index (κ1) is 24.6. The van der Waals surface area contributed by atoms with E-state index in [0.717, 1.165) is 18.5 Å². The number of imidazole rings is 1. The number of ether oxygens (including phenoxy) is 2. The van der Waals surface area contributed by atoms with Gasteiger partial charge in [0.25, 0.3) is 5.91 Å². The second-order valence-electron chi connectivity index (χ2n) is 10.2. The van der Waals surface area contributed by atoms with Crippen molar-refractivity contribution in [2.45, 2.75) is 65.1 Å². The van der Waals surface area contributed by atoms with Gasteiger partial charge in [0.15, 0.2) is 5.82 Å². The van der Waals surface area contributed by atoms with Gasteiger partial charge in [-0.2, -0.15) is 5.10 Å². The lowest BCUT2D eigenvalue weighted by atomic mass is 9.94. The van der Waals surface area contributed by atoms with E-state index in [1.165, 1.54) is 0 Å². The maximum absolute atomic E-state index is 13.1. The van der Waals surface area contributed by atoms with E-state index < -0.39 is 5.60 Å². The van der Waals surface area contributed by atoms with Crippen molar-refractivity contribution in [3.05, 3.63) is 42.0 Å². The number of carbonyl (C=O) groups excluding carboxylic acids is 2. The highest BCUT2D eigenvalue weighted by atomic mass is 16.6. The lowest BCUT2D eigenvalue weighted by molar-refractivity contribution is 0.0204. The third-order valence-corrected chi connectivity index (χ3v) is 5.70. The molecule has 4 rings (SSSR count). The van der Waals surface area contributed by atoms with Crippen LogP contribution in [0.3, 0.4) is 0 Å². The summed E-state index contributed by atoms with van der Waals surface area (Å²) in [5, 5.41) is 7.05. The summed E-state index contributed by atoms with van der Waals surface area (Å²) in [6.45, 7) is 10.7. The zero-order chi connectivity index (χ0) is 25.3. The van der Waals surface area contributed by atoms with Crippen molar-refractivity contribution < 1.29 is 19.1 Å². The summed E-state index contributed by atoms with van der Waals surface area (Å²) >= 11 is 0. The monoisotopic (exact) mass is 482 g/mol. The van der Waals surface area contributed by atoms with Gasteiger partial charge in [-0.3, -0.25) is 9.48 Å². The quantitative estimate of drug-likeness (QED) is 0.584. The molecule has 2 amide bonds. The number of carbonyl (C=O) groups is 2. The summed E-state index contributed by atoms with van der Waals surface area (Å²) in [7, 11) is 1.79. The number of nitrogens with one attached hydrogen (secondary N) is 1. The normalized spacial score (nSPS) is 15.0. The lowest BCUT2D eigenvalue weighted by Gasteiger charge is -2.32. The first-order valence-corrected chi connectivity index (χ1v) is 12.0. The van der Waals surface area contributed by atoms with E-state index in [4.69, 9.17) is 14.5 Å². The van der Waals surface area contributed by atoms with E-state index in [9.17, 15) is 9.59 Å². The van der Waals surface area contributed by atoms with E-state index >= 15 is 0 Å². The third kappa shape index (κ3) is 5.93. The van der Waals surface area contributed by atoms with Crippen LogP contribution in [-0.4, -0.2) is 60.9 Å². The topological polar surface area (TPSA) is 103 Å². The zero-order valence-electron chi connectivity index (χ0n) is 21.2. The van der Waals surface area contributed by atoms with Crippen LogP contribution in [-0.2, 0) is 11.8 Å². The number of hydrogen-bond acceptors (Lipinski definition) is 6. The lowest BCUT2D eigenvalue weighted by Crippen LogP contribution is -2.41. The fourth-order valence-electron chi connectivity index (χ4n) is 4.10. The number of likely N-dealkylation sites (tertiary alicyclic amines) is 1. The Morgan fingerprint density at radius 1 is 1.17 bits per heavy atom. The maximum atomic E-state index is 13.1. The Morgan fingerprint density at radius 3 is 2.49 bits per heavy atom. The number of pyridine rings is 1. The first-order chi connectivity index (χ1) is 16.5. The predicted molar refractivity (Wildman–Crippen MR) is 132 cm³/mol. The molecule has 1 aliphatic heterocycles. The van der Waals surface area contributed by atoms with Gasteiger partial charge in [-0.15, -0.1) is 0 Å². The van der Waals surface area contributed by atoms with Gasteiger partial charge in [-0.05, 0) is 47.5 Å². The minimum atomic E-state index is -0.508. The van der Waals surface area contributed by atoms with E-state index in [1.807, 2.05) is 45.2 Å². The molecule has 0 atom stereocenters. The molecular weight excluding hydrogens is 448 g/mol. The Balaban J connectivity index is 1.53. The Kier molecular flexibility index (Phi) is 6.73. The molecule has 0 radical (unpaired) electrons. The number of piperidine rings is 1. The van der Waals surface area contributed by atoms with Gasteiger partial charge in [0.2, 0.25) is 0 Å². The van der Waals surface area contributed by atoms with Crippen LogP contribution in [0.15, 0.2) is 30.7 Å². The second-order valence-corrected chi connectivity index (χ2v) is 10.2. The highest BCUT2D eigenvalue weighted by molar-refractivity contribution is 6.05. The Bertz CT molecular complexity index is 1210. The smallest absolute Gasteiger partial charge is 0.410 e. The highest BCUT2D eigenvalue weighted by Gasteiger charge is 2.29. The minimum absolute atomic E-state index is 0.106. The largest absolute Gasteiger partial charge is 0.490 e. The van der Waals surface area contributed by atoms with E-state index in [0.29, 0.717) is 35.9 Å². The Hall–Kier alpha value is -3.56. The highest BCUT2D eigenvalue weighted by Crippen LogP contribution is 2.30. The van der Waals surface area contributed by atoms with E-state index in [-0.39, 0.29) is 24.0 Å². The van der Waals surface area contributed by atoms with E-state index in [2.05, 4.69) is 10.4 Å². The number of rotatable bonds is 5. The fraction of sp³-hybridized carbons (Fsp3) is 0.520. The number of amides is 2. The van der Waals surface area contributed by atoms with Crippen LogP contribution in [0.4, 0.5) is 10.6 Å². The van der Waals surface area contributed by atoms with Crippen LogP contribution in [0, 0.1) is 0 Å². The van der Waals surface area contributed by atoms with Crippen molar-refractivity contribution in [2.75, 3.05) is 18.4 Å². The van der Waals surface area contributed by atoms with E-state index in [1.54, 1.807) is 41.2 Å². The van der Waals surface area contributed by atoms with Crippen LogP contribution < -0.4 is 10.1 Å². The van der Waals surface area contributed by atoms with Crippen LogP contribution in [0.5, 0.6) is 5.75 Å². The molecule has 3 aromatic heterocycles. The van der Waals surface area contributed by atoms with Crippen molar-refractivity contribution >= 4 is 23.5 Å². The fourth-order valence-corrected chi connectivity index (χ4v) is 4.10. The standard InChI is InChI=1S/C25H34N6O4/c1-16(2)34-20-13-22-26-19(17-7-11-30(12-8-17)24(33)35-25(3,4)5)15-31(22)14-18(20)23(32)27-21-9-10-29(6)28-21/h9-10,13-17H,7-8,11-12H2,1-6H3,(H,27,28,32). The molecule has 0 bridgehead atoms. The van der Waals surface area contributed by atoms with Crippen LogP contribution >= 0.6 is 0 Å². The van der Waals surface area contributed by atoms with Crippen molar-refractivity contribution in [1.29, 1.82) is 0 Å². The molecular formula is C25H34N6O4. The Morgan fingerprint density at radius 2 is 1.89 bits per heavy atom. The van der Waals surface area contributed by atoms with Crippen molar-refractivity contribution in [3.63, 3.8) is 0 Å². The van der Waals surface area contributed by atoms with Crippen molar-refractivity contribution in [2.24, 2.45) is 7.05 Å². The summed E-state index contributed by atoms with van der Waals surface area (Å²) in [4.78, 5) is 32.0. The van der Waals surface area contributed by atoms with Crippen molar-refractivity contribution in [3.8, 4) is 5.75 Å². The number of hydrogen-bond donors (Lipinski definition) is 1. The van der Waals surface area contributed by atoms with Crippen molar-refractivity contribution in [1.82, 2.24) is 24.1 Å². The van der Waals surface area contributed by atoms with Crippen LogP contribution in [0.25, 0.3) is 5.65 Å².